The average Bonchev–Trinajstić information content (AvgIpc) is 2.64. The second-order valence-corrected chi connectivity index (χ2v) is 6.01. The Balaban J connectivity index is 1.64. The lowest BCUT2D eigenvalue weighted by Crippen LogP contribution is -2.14. The van der Waals surface area contributed by atoms with Gasteiger partial charge in [-0.2, -0.15) is 0 Å². The van der Waals surface area contributed by atoms with Crippen molar-refractivity contribution in [1.29, 1.82) is 0 Å². The normalized spacial score (nSPS) is 10.3. The van der Waals surface area contributed by atoms with Gasteiger partial charge >= 0.3 is 0 Å². The van der Waals surface area contributed by atoms with Crippen molar-refractivity contribution in [3.63, 3.8) is 0 Å². The van der Waals surface area contributed by atoms with E-state index in [0.717, 1.165) is 11.3 Å². The van der Waals surface area contributed by atoms with Crippen molar-refractivity contribution >= 4 is 40.5 Å². The minimum absolute atomic E-state index is 0.269. The minimum Gasteiger partial charge on any atom is -0.380 e. The van der Waals surface area contributed by atoms with E-state index in [9.17, 15) is 4.79 Å². The van der Waals surface area contributed by atoms with Gasteiger partial charge in [0.05, 0.1) is 27.6 Å². The molecule has 126 valence electrons. The van der Waals surface area contributed by atoms with Crippen molar-refractivity contribution in [3.8, 4) is 0 Å². The molecule has 0 atom stereocenters. The number of nitrogens with zero attached hydrogens (tertiary/aromatic N) is 2. The molecule has 0 aliphatic carbocycles. The number of benzene rings is 1. The maximum atomic E-state index is 12.3. The van der Waals surface area contributed by atoms with Gasteiger partial charge in [-0.05, 0) is 42.0 Å². The van der Waals surface area contributed by atoms with Gasteiger partial charge in [-0.1, -0.05) is 29.3 Å². The zero-order valence-corrected chi connectivity index (χ0v) is 14.6. The fourth-order valence-corrected chi connectivity index (χ4v) is 2.62. The molecule has 25 heavy (non-hydrogen) atoms. The zero-order chi connectivity index (χ0) is 17.6. The summed E-state index contributed by atoms with van der Waals surface area (Å²) < 4.78 is 0. The van der Waals surface area contributed by atoms with Gasteiger partial charge < -0.3 is 10.6 Å². The third-order valence-electron chi connectivity index (χ3n) is 3.44. The standard InChI is InChI=1S/C18H14Cl2N4O/c19-14-2-1-3-15(20)17(14)24-18(25)16-5-4-13(11-23-16)22-10-12-6-8-21-9-7-12/h1-9,11,22H,10H2,(H,24,25). The number of para-hydroxylation sites is 1. The van der Waals surface area contributed by atoms with E-state index in [1.807, 2.05) is 12.1 Å². The molecule has 0 saturated carbocycles. The largest absolute Gasteiger partial charge is 0.380 e. The average molecular weight is 373 g/mol. The maximum absolute atomic E-state index is 12.3. The van der Waals surface area contributed by atoms with Crippen LogP contribution in [0.25, 0.3) is 0 Å². The molecule has 2 heterocycles. The van der Waals surface area contributed by atoms with Gasteiger partial charge in [0.1, 0.15) is 5.69 Å². The van der Waals surface area contributed by atoms with Crippen LogP contribution in [0.2, 0.25) is 10.0 Å². The Hall–Kier alpha value is -2.63. The lowest BCUT2D eigenvalue weighted by atomic mass is 10.2. The van der Waals surface area contributed by atoms with E-state index in [2.05, 4.69) is 20.6 Å². The number of carbonyl (C=O) groups is 1. The second-order valence-electron chi connectivity index (χ2n) is 5.19. The van der Waals surface area contributed by atoms with E-state index in [-0.39, 0.29) is 11.6 Å². The van der Waals surface area contributed by atoms with Crippen molar-refractivity contribution in [2.45, 2.75) is 6.54 Å². The Morgan fingerprint density at radius 3 is 2.36 bits per heavy atom. The minimum atomic E-state index is -0.379. The van der Waals surface area contributed by atoms with Gasteiger partial charge in [0.2, 0.25) is 0 Å². The molecule has 0 fully saturated rings. The number of hydrogen-bond acceptors (Lipinski definition) is 4. The molecule has 2 aromatic heterocycles. The summed E-state index contributed by atoms with van der Waals surface area (Å²) in [6.45, 7) is 0.644. The predicted octanol–water partition coefficient (Wildman–Crippen LogP) is 4.65. The Labute approximate surface area is 155 Å². The predicted molar refractivity (Wildman–Crippen MR) is 100 cm³/mol. The first-order valence-electron chi connectivity index (χ1n) is 7.47. The molecule has 0 unspecified atom stereocenters. The van der Waals surface area contributed by atoms with Crippen molar-refractivity contribution in [2.75, 3.05) is 10.6 Å². The summed E-state index contributed by atoms with van der Waals surface area (Å²) in [5.41, 5.74) is 2.55. The highest BCUT2D eigenvalue weighted by molar-refractivity contribution is 6.39. The van der Waals surface area contributed by atoms with Crippen LogP contribution in [-0.2, 0) is 6.54 Å². The number of carbonyl (C=O) groups excluding carboxylic acids is 1. The Kier molecular flexibility index (Phi) is 5.48. The summed E-state index contributed by atoms with van der Waals surface area (Å²) in [4.78, 5) is 20.4. The van der Waals surface area contributed by atoms with Gasteiger partial charge in [0.25, 0.3) is 5.91 Å². The molecule has 1 aromatic carbocycles. The molecule has 0 bridgehead atoms. The van der Waals surface area contributed by atoms with E-state index in [0.29, 0.717) is 22.3 Å². The van der Waals surface area contributed by atoms with Crippen LogP contribution in [-0.4, -0.2) is 15.9 Å². The summed E-state index contributed by atoms with van der Waals surface area (Å²) in [6, 6.07) is 12.3. The molecule has 0 radical (unpaired) electrons. The number of amides is 1. The van der Waals surface area contributed by atoms with Gasteiger partial charge in [-0.25, -0.2) is 4.98 Å². The summed E-state index contributed by atoms with van der Waals surface area (Å²) in [7, 11) is 0. The Morgan fingerprint density at radius 2 is 1.72 bits per heavy atom. The van der Waals surface area contributed by atoms with Crippen molar-refractivity contribution in [1.82, 2.24) is 9.97 Å². The molecule has 1 amide bonds. The fraction of sp³-hybridized carbons (Fsp3) is 0.0556. The quantitative estimate of drug-likeness (QED) is 0.683. The molecular formula is C18H14Cl2N4O. The number of aromatic nitrogens is 2. The van der Waals surface area contributed by atoms with E-state index in [1.165, 1.54) is 0 Å². The van der Waals surface area contributed by atoms with E-state index >= 15 is 0 Å². The Bertz CT molecular complexity index is 850. The highest BCUT2D eigenvalue weighted by atomic mass is 35.5. The van der Waals surface area contributed by atoms with Gasteiger partial charge in [0.15, 0.2) is 0 Å². The highest BCUT2D eigenvalue weighted by Crippen LogP contribution is 2.30. The molecular weight excluding hydrogens is 359 g/mol. The lowest BCUT2D eigenvalue weighted by Gasteiger charge is -2.09. The van der Waals surface area contributed by atoms with Gasteiger partial charge in [0, 0.05) is 18.9 Å². The number of halogens is 2. The smallest absolute Gasteiger partial charge is 0.274 e. The molecule has 0 aliphatic heterocycles. The summed E-state index contributed by atoms with van der Waals surface area (Å²) in [5, 5.41) is 6.65. The van der Waals surface area contributed by atoms with Crippen molar-refractivity contribution in [3.05, 3.63) is 82.4 Å². The van der Waals surface area contributed by atoms with Gasteiger partial charge in [-0.3, -0.25) is 9.78 Å². The molecule has 3 aromatic rings. The van der Waals surface area contributed by atoms with E-state index in [4.69, 9.17) is 23.2 Å². The molecule has 0 saturated heterocycles. The fourth-order valence-electron chi connectivity index (χ4n) is 2.13. The zero-order valence-electron chi connectivity index (χ0n) is 13.0. The van der Waals surface area contributed by atoms with Crippen LogP contribution >= 0.6 is 23.2 Å². The topological polar surface area (TPSA) is 66.9 Å². The van der Waals surface area contributed by atoms with Crippen LogP contribution in [0.5, 0.6) is 0 Å². The van der Waals surface area contributed by atoms with Crippen LogP contribution in [0.15, 0.2) is 61.1 Å². The molecule has 7 heteroatoms. The van der Waals surface area contributed by atoms with E-state index in [1.54, 1.807) is 48.9 Å². The Morgan fingerprint density at radius 1 is 1.00 bits per heavy atom. The maximum Gasteiger partial charge on any atom is 0.274 e. The van der Waals surface area contributed by atoms with Crippen molar-refractivity contribution < 1.29 is 4.79 Å². The number of pyridine rings is 2. The molecule has 0 spiro atoms. The van der Waals surface area contributed by atoms with Crippen LogP contribution in [0.4, 0.5) is 11.4 Å². The van der Waals surface area contributed by atoms with Gasteiger partial charge in [-0.15, -0.1) is 0 Å². The molecule has 0 aliphatic rings. The first kappa shape index (κ1) is 17.2. The molecule has 5 nitrogen and oxygen atoms in total. The highest BCUT2D eigenvalue weighted by Gasteiger charge is 2.12. The molecule has 2 N–H and O–H groups in total. The third kappa shape index (κ3) is 4.47. The van der Waals surface area contributed by atoms with Crippen LogP contribution < -0.4 is 10.6 Å². The van der Waals surface area contributed by atoms with Crippen LogP contribution in [0.1, 0.15) is 16.1 Å². The lowest BCUT2D eigenvalue weighted by molar-refractivity contribution is 0.102. The second kappa shape index (κ2) is 7.96. The van der Waals surface area contributed by atoms with Crippen LogP contribution in [0.3, 0.4) is 0 Å². The van der Waals surface area contributed by atoms with Crippen LogP contribution in [0, 0.1) is 0 Å². The monoisotopic (exact) mass is 372 g/mol. The molecule has 3 rings (SSSR count). The number of hydrogen-bond donors (Lipinski definition) is 2. The first-order chi connectivity index (χ1) is 12.1. The SMILES string of the molecule is O=C(Nc1c(Cl)cccc1Cl)c1ccc(NCc2ccncc2)cn1. The van der Waals surface area contributed by atoms with Crippen molar-refractivity contribution in [2.24, 2.45) is 0 Å². The summed E-state index contributed by atoms with van der Waals surface area (Å²) in [6.07, 6.45) is 5.08. The number of nitrogens with one attached hydrogen (secondary N) is 2. The summed E-state index contributed by atoms with van der Waals surface area (Å²) >= 11 is 12.1. The third-order valence-corrected chi connectivity index (χ3v) is 4.07. The first-order valence-corrected chi connectivity index (χ1v) is 8.23. The van der Waals surface area contributed by atoms with E-state index < -0.39 is 0 Å². The number of rotatable bonds is 5. The number of anilines is 2. The summed E-state index contributed by atoms with van der Waals surface area (Å²) in [5.74, 6) is -0.379.